The van der Waals surface area contributed by atoms with Gasteiger partial charge in [0.2, 0.25) is 5.91 Å². The van der Waals surface area contributed by atoms with Crippen LogP contribution in [0.5, 0.6) is 0 Å². The molecule has 2 unspecified atom stereocenters. The van der Waals surface area contributed by atoms with Gasteiger partial charge in [-0.15, -0.1) is 0 Å². The van der Waals surface area contributed by atoms with E-state index in [4.69, 9.17) is 5.11 Å². The summed E-state index contributed by atoms with van der Waals surface area (Å²) in [6.07, 6.45) is -0.565. The molecule has 8 nitrogen and oxygen atoms in total. The summed E-state index contributed by atoms with van der Waals surface area (Å²) < 4.78 is 0. The molecule has 0 saturated carbocycles. The lowest BCUT2D eigenvalue weighted by molar-refractivity contribution is -0.150. The maximum Gasteiger partial charge on any atom is 0.321 e. The molecule has 2 heterocycles. The Morgan fingerprint density at radius 3 is 3.08 bits per heavy atom. The maximum atomic E-state index is 11.3. The summed E-state index contributed by atoms with van der Waals surface area (Å²) in [4.78, 5) is 21.9. The fraction of sp³-hybridized carbons (Fsp3) is 0.600. The molecule has 2 fully saturated rings. The Labute approximate surface area is 73.2 Å². The number of carbonyl (C=O) groups is 2. The van der Waals surface area contributed by atoms with Crippen LogP contribution in [0.25, 0.3) is 0 Å². The highest BCUT2D eigenvalue weighted by Crippen LogP contribution is 2.08. The standard InChI is InChI=1S/C5H9N5O3/c11-3-1-2(4(12)13)6-5-7-8-9-10(3)5/h2,5-9H,1H2,(H,12,13). The maximum absolute atomic E-state index is 11.3. The summed E-state index contributed by atoms with van der Waals surface area (Å²) in [5.74, 6) is -1.30. The Hall–Kier alpha value is -1.22. The zero-order valence-electron chi connectivity index (χ0n) is 6.57. The Morgan fingerprint density at radius 2 is 2.38 bits per heavy atom. The van der Waals surface area contributed by atoms with Gasteiger partial charge >= 0.3 is 5.97 Å². The third-order valence-corrected chi connectivity index (χ3v) is 1.95. The van der Waals surface area contributed by atoms with Crippen LogP contribution >= 0.6 is 0 Å². The predicted octanol–water partition coefficient (Wildman–Crippen LogP) is -2.93. The summed E-state index contributed by atoms with van der Waals surface area (Å²) in [5, 5.41) is 12.7. The second kappa shape index (κ2) is 2.92. The van der Waals surface area contributed by atoms with Gasteiger partial charge in [0.05, 0.1) is 6.42 Å². The van der Waals surface area contributed by atoms with Crippen molar-refractivity contribution >= 4 is 11.9 Å². The molecule has 0 bridgehead atoms. The number of carboxylic acids is 1. The van der Waals surface area contributed by atoms with E-state index in [9.17, 15) is 9.59 Å². The first kappa shape index (κ1) is 8.38. The van der Waals surface area contributed by atoms with Crippen molar-refractivity contribution in [2.75, 3.05) is 0 Å². The minimum absolute atomic E-state index is 0.0534. The summed E-state index contributed by atoms with van der Waals surface area (Å²) in [7, 11) is 0. The number of amides is 1. The van der Waals surface area contributed by atoms with Gasteiger partial charge in [0.15, 0.2) is 6.29 Å². The molecule has 8 heteroatoms. The van der Waals surface area contributed by atoms with Crippen LogP contribution in [0.1, 0.15) is 6.42 Å². The monoisotopic (exact) mass is 187 g/mol. The number of carboxylic acid groups (broad SMARTS) is 1. The van der Waals surface area contributed by atoms with Gasteiger partial charge < -0.3 is 5.11 Å². The van der Waals surface area contributed by atoms with E-state index in [0.717, 1.165) is 0 Å². The highest BCUT2D eigenvalue weighted by atomic mass is 16.4. The molecular weight excluding hydrogens is 178 g/mol. The molecule has 2 rings (SSSR count). The van der Waals surface area contributed by atoms with Crippen LogP contribution in [0.3, 0.4) is 0 Å². The van der Waals surface area contributed by atoms with E-state index in [1.54, 1.807) is 0 Å². The van der Waals surface area contributed by atoms with Gasteiger partial charge in [-0.1, -0.05) is 0 Å². The first-order chi connectivity index (χ1) is 6.18. The van der Waals surface area contributed by atoms with Crippen molar-refractivity contribution < 1.29 is 14.7 Å². The molecule has 2 aliphatic heterocycles. The van der Waals surface area contributed by atoms with E-state index in [-0.39, 0.29) is 12.3 Å². The molecule has 13 heavy (non-hydrogen) atoms. The van der Waals surface area contributed by atoms with Crippen LogP contribution in [0.15, 0.2) is 0 Å². The van der Waals surface area contributed by atoms with Gasteiger partial charge in [-0.25, -0.2) is 10.4 Å². The Balaban J connectivity index is 2.09. The number of hydrogen-bond donors (Lipinski definition) is 5. The normalized spacial score (nSPS) is 33.2. The number of carbonyl (C=O) groups excluding carboxylic acids is 1. The lowest BCUT2D eigenvalue weighted by atomic mass is 10.1. The number of hydrazine groups is 3. The van der Waals surface area contributed by atoms with Gasteiger partial charge in [-0.05, 0) is 0 Å². The average molecular weight is 187 g/mol. The molecule has 0 spiro atoms. The molecule has 2 saturated heterocycles. The minimum atomic E-state index is -1.03. The first-order valence-corrected chi connectivity index (χ1v) is 3.75. The molecule has 0 radical (unpaired) electrons. The van der Waals surface area contributed by atoms with Crippen molar-refractivity contribution in [2.24, 2.45) is 0 Å². The molecule has 1 amide bonds. The molecule has 0 aromatic rings. The van der Waals surface area contributed by atoms with E-state index < -0.39 is 18.3 Å². The van der Waals surface area contributed by atoms with E-state index >= 15 is 0 Å². The van der Waals surface area contributed by atoms with Crippen molar-refractivity contribution in [3.8, 4) is 0 Å². The minimum Gasteiger partial charge on any atom is -0.480 e. The van der Waals surface area contributed by atoms with Gasteiger partial charge in [0.25, 0.3) is 0 Å². The highest BCUT2D eigenvalue weighted by molar-refractivity contribution is 5.85. The quantitative estimate of drug-likeness (QED) is 0.299. The van der Waals surface area contributed by atoms with E-state index in [1.807, 2.05) is 0 Å². The topological polar surface area (TPSA) is 106 Å². The van der Waals surface area contributed by atoms with Gasteiger partial charge in [-0.2, -0.15) is 11.1 Å². The van der Waals surface area contributed by atoms with E-state index in [2.05, 4.69) is 21.8 Å². The third kappa shape index (κ3) is 1.35. The van der Waals surface area contributed by atoms with Gasteiger partial charge in [-0.3, -0.25) is 14.9 Å². The van der Waals surface area contributed by atoms with Crippen LogP contribution in [-0.4, -0.2) is 34.3 Å². The molecular formula is C5H9N5O3. The zero-order chi connectivity index (χ0) is 9.42. The predicted molar refractivity (Wildman–Crippen MR) is 39.2 cm³/mol. The fourth-order valence-corrected chi connectivity index (χ4v) is 1.29. The number of fused-ring (bicyclic) bond motifs is 1. The van der Waals surface area contributed by atoms with E-state index in [0.29, 0.717) is 0 Å². The number of nitrogens with zero attached hydrogens (tertiary/aromatic N) is 1. The van der Waals surface area contributed by atoms with E-state index in [1.165, 1.54) is 5.01 Å². The Kier molecular flexibility index (Phi) is 1.88. The van der Waals surface area contributed by atoms with Crippen molar-refractivity contribution in [2.45, 2.75) is 18.8 Å². The van der Waals surface area contributed by atoms with Crippen molar-refractivity contribution in [3.63, 3.8) is 0 Å². The number of rotatable bonds is 1. The third-order valence-electron chi connectivity index (χ3n) is 1.95. The lowest BCUT2D eigenvalue weighted by Gasteiger charge is -2.31. The summed E-state index contributed by atoms with van der Waals surface area (Å²) in [6.45, 7) is 0. The highest BCUT2D eigenvalue weighted by Gasteiger charge is 2.39. The summed E-state index contributed by atoms with van der Waals surface area (Å²) >= 11 is 0. The Bertz CT molecular complexity index is 257. The second-order valence-corrected chi connectivity index (χ2v) is 2.81. The zero-order valence-corrected chi connectivity index (χ0v) is 6.57. The number of nitrogens with one attached hydrogen (secondary N) is 4. The molecule has 0 aliphatic carbocycles. The van der Waals surface area contributed by atoms with Gasteiger partial charge in [0, 0.05) is 0 Å². The first-order valence-electron chi connectivity index (χ1n) is 3.75. The molecule has 0 aromatic heterocycles. The molecule has 2 aliphatic rings. The smallest absolute Gasteiger partial charge is 0.321 e. The molecule has 0 aromatic carbocycles. The van der Waals surface area contributed by atoms with Crippen molar-refractivity contribution in [3.05, 3.63) is 0 Å². The largest absolute Gasteiger partial charge is 0.480 e. The second-order valence-electron chi connectivity index (χ2n) is 2.81. The van der Waals surface area contributed by atoms with Crippen LogP contribution < -0.4 is 21.8 Å². The van der Waals surface area contributed by atoms with Crippen molar-refractivity contribution in [1.29, 1.82) is 0 Å². The molecule has 2 atom stereocenters. The lowest BCUT2D eigenvalue weighted by Crippen LogP contribution is -2.62. The van der Waals surface area contributed by atoms with Crippen LogP contribution in [0.4, 0.5) is 0 Å². The number of hydrogen-bond acceptors (Lipinski definition) is 6. The SMILES string of the molecule is O=C(O)C1CC(=O)N2NNNC2N1. The van der Waals surface area contributed by atoms with Crippen molar-refractivity contribution in [1.82, 2.24) is 26.8 Å². The Morgan fingerprint density at radius 1 is 1.62 bits per heavy atom. The summed E-state index contributed by atoms with van der Waals surface area (Å²) in [5.41, 5.74) is 7.68. The van der Waals surface area contributed by atoms with Crippen LogP contribution in [0.2, 0.25) is 0 Å². The molecule has 72 valence electrons. The summed E-state index contributed by atoms with van der Waals surface area (Å²) in [6, 6.07) is -0.831. The number of aliphatic carboxylic acids is 1. The average Bonchev–Trinajstić information content (AvgIpc) is 2.51. The van der Waals surface area contributed by atoms with Gasteiger partial charge in [0.1, 0.15) is 6.04 Å². The fourth-order valence-electron chi connectivity index (χ4n) is 1.29. The molecule has 5 N–H and O–H groups in total. The van der Waals surface area contributed by atoms with Crippen LogP contribution in [-0.2, 0) is 9.59 Å². The van der Waals surface area contributed by atoms with Crippen LogP contribution in [0, 0.1) is 0 Å².